The molecule has 90 valence electrons. The van der Waals surface area contributed by atoms with Gasteiger partial charge in [0.1, 0.15) is 0 Å². The van der Waals surface area contributed by atoms with Crippen molar-refractivity contribution in [2.75, 3.05) is 25.0 Å². The smallest absolute Gasteiger partial charge is 0.00338 e. The van der Waals surface area contributed by atoms with Gasteiger partial charge in [0.05, 0.1) is 0 Å². The maximum absolute atomic E-state index is 3.52. The van der Waals surface area contributed by atoms with E-state index in [0.29, 0.717) is 5.41 Å². The van der Waals surface area contributed by atoms with Crippen molar-refractivity contribution in [2.45, 2.75) is 46.5 Å². The van der Waals surface area contributed by atoms with E-state index < -0.39 is 0 Å². The quantitative estimate of drug-likeness (QED) is 0.688. The van der Waals surface area contributed by atoms with Crippen LogP contribution in [0.1, 0.15) is 46.5 Å². The average molecular weight is 276 g/mol. The Morgan fingerprint density at radius 2 is 2.07 bits per heavy atom. The molecule has 0 aliphatic carbocycles. The van der Waals surface area contributed by atoms with Crippen molar-refractivity contribution in [3.8, 4) is 0 Å². The minimum atomic E-state index is 0.552. The van der Waals surface area contributed by atoms with Gasteiger partial charge in [-0.05, 0) is 50.1 Å². The van der Waals surface area contributed by atoms with Crippen LogP contribution in [0.4, 0.5) is 0 Å². The van der Waals surface area contributed by atoms with Crippen LogP contribution in [0.5, 0.6) is 0 Å². The van der Waals surface area contributed by atoms with Crippen LogP contribution in [0.3, 0.4) is 0 Å². The SMILES string of the molecule is CC(CCBr)CCN1CCCC(C)(C)C1. The summed E-state index contributed by atoms with van der Waals surface area (Å²) < 4.78 is 0. The summed E-state index contributed by atoms with van der Waals surface area (Å²) in [6.45, 7) is 11.1. The van der Waals surface area contributed by atoms with Gasteiger partial charge in [0.25, 0.3) is 0 Å². The second kappa shape index (κ2) is 6.24. The molecule has 1 heterocycles. The Morgan fingerprint density at radius 3 is 2.67 bits per heavy atom. The van der Waals surface area contributed by atoms with E-state index in [1.807, 2.05) is 0 Å². The normalized spacial score (nSPS) is 24.0. The monoisotopic (exact) mass is 275 g/mol. The van der Waals surface area contributed by atoms with Crippen molar-refractivity contribution in [1.29, 1.82) is 0 Å². The molecule has 2 heteroatoms. The van der Waals surface area contributed by atoms with Crippen LogP contribution in [-0.2, 0) is 0 Å². The average Bonchev–Trinajstić information content (AvgIpc) is 2.14. The number of likely N-dealkylation sites (tertiary alicyclic amines) is 1. The van der Waals surface area contributed by atoms with Crippen LogP contribution in [0.2, 0.25) is 0 Å². The fraction of sp³-hybridized carbons (Fsp3) is 1.00. The third-order valence-corrected chi connectivity index (χ3v) is 3.98. The molecule has 15 heavy (non-hydrogen) atoms. The molecule has 0 bridgehead atoms. The van der Waals surface area contributed by atoms with Crippen LogP contribution < -0.4 is 0 Å². The van der Waals surface area contributed by atoms with Gasteiger partial charge in [0.15, 0.2) is 0 Å². The molecule has 1 nitrogen and oxygen atoms in total. The van der Waals surface area contributed by atoms with Crippen molar-refractivity contribution < 1.29 is 0 Å². The molecule has 1 rings (SSSR count). The van der Waals surface area contributed by atoms with Crippen LogP contribution >= 0.6 is 15.9 Å². The summed E-state index contributed by atoms with van der Waals surface area (Å²) in [5.41, 5.74) is 0.552. The zero-order valence-electron chi connectivity index (χ0n) is 10.6. The summed E-state index contributed by atoms with van der Waals surface area (Å²) in [5.74, 6) is 0.870. The van der Waals surface area contributed by atoms with E-state index in [-0.39, 0.29) is 0 Å². The Kier molecular flexibility index (Phi) is 5.62. The number of hydrogen-bond donors (Lipinski definition) is 0. The van der Waals surface area contributed by atoms with Crippen molar-refractivity contribution >= 4 is 15.9 Å². The van der Waals surface area contributed by atoms with Crippen molar-refractivity contribution in [2.24, 2.45) is 11.3 Å². The highest BCUT2D eigenvalue weighted by molar-refractivity contribution is 9.09. The maximum Gasteiger partial charge on any atom is 0.00338 e. The number of piperidine rings is 1. The third kappa shape index (κ3) is 5.35. The summed E-state index contributed by atoms with van der Waals surface area (Å²) in [6, 6.07) is 0. The van der Waals surface area contributed by atoms with Gasteiger partial charge in [0, 0.05) is 11.9 Å². The summed E-state index contributed by atoms with van der Waals surface area (Å²) >= 11 is 3.52. The minimum absolute atomic E-state index is 0.552. The molecule has 1 unspecified atom stereocenters. The van der Waals surface area contributed by atoms with E-state index in [1.165, 1.54) is 45.3 Å². The summed E-state index contributed by atoms with van der Waals surface area (Å²) in [5, 5.41) is 1.15. The standard InChI is InChI=1S/C13H26BrN/c1-12(5-8-14)6-10-15-9-4-7-13(2,3)11-15/h12H,4-11H2,1-3H3. The number of alkyl halides is 1. The van der Waals surface area contributed by atoms with E-state index in [0.717, 1.165) is 11.2 Å². The Hall–Kier alpha value is 0.440. The molecular weight excluding hydrogens is 250 g/mol. The van der Waals surface area contributed by atoms with Crippen LogP contribution in [0.25, 0.3) is 0 Å². The fourth-order valence-corrected chi connectivity index (χ4v) is 3.25. The number of halogens is 1. The van der Waals surface area contributed by atoms with Crippen LogP contribution in [0.15, 0.2) is 0 Å². The predicted octanol–water partition coefficient (Wildman–Crippen LogP) is 3.92. The second-order valence-electron chi connectivity index (χ2n) is 5.92. The van der Waals surface area contributed by atoms with Crippen LogP contribution in [0, 0.1) is 11.3 Å². The van der Waals surface area contributed by atoms with Gasteiger partial charge in [-0.15, -0.1) is 0 Å². The molecule has 0 aromatic rings. The molecule has 0 N–H and O–H groups in total. The van der Waals surface area contributed by atoms with E-state index in [1.54, 1.807) is 0 Å². The number of rotatable bonds is 5. The second-order valence-corrected chi connectivity index (χ2v) is 6.71. The highest BCUT2D eigenvalue weighted by Gasteiger charge is 2.25. The zero-order chi connectivity index (χ0) is 11.3. The fourth-order valence-electron chi connectivity index (χ4n) is 2.47. The highest BCUT2D eigenvalue weighted by atomic mass is 79.9. The summed E-state index contributed by atoms with van der Waals surface area (Å²) in [4.78, 5) is 2.66. The Bertz CT molecular complexity index is 179. The lowest BCUT2D eigenvalue weighted by atomic mass is 9.84. The van der Waals surface area contributed by atoms with Gasteiger partial charge < -0.3 is 4.90 Å². The lowest BCUT2D eigenvalue weighted by molar-refractivity contribution is 0.112. The van der Waals surface area contributed by atoms with Crippen LogP contribution in [-0.4, -0.2) is 29.9 Å². The van der Waals surface area contributed by atoms with Gasteiger partial charge in [-0.3, -0.25) is 0 Å². The lowest BCUT2D eigenvalue weighted by Gasteiger charge is -2.38. The predicted molar refractivity (Wildman–Crippen MR) is 71.6 cm³/mol. The molecule has 1 atom stereocenters. The van der Waals surface area contributed by atoms with Crippen molar-refractivity contribution in [3.05, 3.63) is 0 Å². The molecule has 0 amide bonds. The molecule has 0 aromatic heterocycles. The number of nitrogens with zero attached hydrogens (tertiary/aromatic N) is 1. The first-order valence-electron chi connectivity index (χ1n) is 6.32. The maximum atomic E-state index is 3.52. The lowest BCUT2D eigenvalue weighted by Crippen LogP contribution is -2.40. The third-order valence-electron chi connectivity index (χ3n) is 3.52. The van der Waals surface area contributed by atoms with Gasteiger partial charge >= 0.3 is 0 Å². The Balaban J connectivity index is 2.21. The summed E-state index contributed by atoms with van der Waals surface area (Å²) in [6.07, 6.45) is 5.47. The molecule has 1 fully saturated rings. The minimum Gasteiger partial charge on any atom is -0.303 e. The van der Waals surface area contributed by atoms with Gasteiger partial charge in [0.2, 0.25) is 0 Å². The van der Waals surface area contributed by atoms with E-state index in [2.05, 4.69) is 41.6 Å². The molecule has 1 aliphatic heterocycles. The van der Waals surface area contributed by atoms with Crippen molar-refractivity contribution in [3.63, 3.8) is 0 Å². The Labute approximate surface area is 104 Å². The van der Waals surface area contributed by atoms with Gasteiger partial charge in [-0.25, -0.2) is 0 Å². The van der Waals surface area contributed by atoms with Crippen molar-refractivity contribution in [1.82, 2.24) is 4.90 Å². The summed E-state index contributed by atoms with van der Waals surface area (Å²) in [7, 11) is 0. The molecule has 0 radical (unpaired) electrons. The molecule has 0 saturated carbocycles. The largest absolute Gasteiger partial charge is 0.303 e. The molecule has 0 spiro atoms. The molecule has 0 aromatic carbocycles. The zero-order valence-corrected chi connectivity index (χ0v) is 12.1. The highest BCUT2D eigenvalue weighted by Crippen LogP contribution is 2.28. The first-order chi connectivity index (χ1) is 7.03. The van der Waals surface area contributed by atoms with Gasteiger partial charge in [-0.1, -0.05) is 36.7 Å². The van der Waals surface area contributed by atoms with E-state index in [9.17, 15) is 0 Å². The first kappa shape index (κ1) is 13.5. The number of hydrogen-bond acceptors (Lipinski definition) is 1. The molecule has 1 aliphatic rings. The van der Waals surface area contributed by atoms with Gasteiger partial charge in [-0.2, -0.15) is 0 Å². The first-order valence-corrected chi connectivity index (χ1v) is 7.44. The van der Waals surface area contributed by atoms with E-state index >= 15 is 0 Å². The molecule has 1 saturated heterocycles. The van der Waals surface area contributed by atoms with E-state index in [4.69, 9.17) is 0 Å². The molecular formula is C13H26BrN. The Morgan fingerprint density at radius 1 is 1.33 bits per heavy atom. The topological polar surface area (TPSA) is 3.24 Å².